The van der Waals surface area contributed by atoms with Crippen LogP contribution in [0, 0.1) is 0 Å². The zero-order valence-corrected chi connectivity index (χ0v) is 17.0. The van der Waals surface area contributed by atoms with Crippen molar-refractivity contribution in [2.45, 2.75) is 78.1 Å². The first kappa shape index (κ1) is 24.9. The molecule has 0 aliphatic heterocycles. The molecule has 0 saturated carbocycles. The Morgan fingerprint density at radius 2 is 1.43 bits per heavy atom. The first-order valence-corrected chi connectivity index (χ1v) is 10.5. The van der Waals surface area contributed by atoms with Gasteiger partial charge in [0.2, 0.25) is 0 Å². The molecule has 0 aromatic heterocycles. The zero-order chi connectivity index (χ0) is 19.5. The number of aryl methyl sites for hydroxylation is 2. The summed E-state index contributed by atoms with van der Waals surface area (Å²) >= 11 is 0. The van der Waals surface area contributed by atoms with Crippen LogP contribution in [-0.4, -0.2) is 40.6 Å². The molecule has 0 amide bonds. The van der Waals surface area contributed by atoms with Gasteiger partial charge < -0.3 is 5.11 Å². The number of unbranched alkanes of at least 4 members (excludes halogenated alkanes) is 4. The summed E-state index contributed by atoms with van der Waals surface area (Å²) in [6, 6.07) is 14.9. The molecule has 148 valence electrons. The molecule has 0 bridgehead atoms. The topological polar surface area (TPSA) is 37.3 Å². The van der Waals surface area contributed by atoms with Gasteiger partial charge in [-0.25, -0.2) is 0 Å². The Morgan fingerprint density at radius 1 is 0.821 bits per heavy atom. The first-order valence-electron chi connectivity index (χ1n) is 10.5. The van der Waals surface area contributed by atoms with E-state index in [1.165, 1.54) is 60.8 Å². The molecule has 3 heteroatoms. The molecule has 0 unspecified atom stereocenters. The molecule has 0 fully saturated rings. The Hall–Kier alpha value is -1.09. The minimum atomic E-state index is -0.741. The average Bonchev–Trinajstić information content (AvgIpc) is 2.65. The summed E-state index contributed by atoms with van der Waals surface area (Å²) in [6.45, 7) is 4.44. The molecule has 0 aliphatic carbocycles. The number of carboxylic acid groups (broad SMARTS) is 1. The molecule has 2 aromatic carbocycles. The molecule has 0 saturated heterocycles. The van der Waals surface area contributed by atoms with Gasteiger partial charge >= 0.3 is 35.5 Å². The number of hydrogen-bond donors (Lipinski definition) is 1. The standard InChI is InChI=1S/C25H34O2.Na.H/c1-3-5-8-14-21-16-22(15-9-6-4-2)24(23(17-21)19-25(26)27)18-20-12-10-7-11-13-20;;/h7,10-13,16-17H,3-6,8-9,14-15,18-19H2,1-2H3,(H,26,27);;. The van der Waals surface area contributed by atoms with Crippen LogP contribution >= 0.6 is 0 Å². The normalized spacial score (nSPS) is 10.5. The van der Waals surface area contributed by atoms with Gasteiger partial charge in [0.25, 0.3) is 0 Å². The third-order valence-electron chi connectivity index (χ3n) is 5.18. The van der Waals surface area contributed by atoms with Crippen LogP contribution in [-0.2, 0) is 30.5 Å². The van der Waals surface area contributed by atoms with Crippen LogP contribution in [0.4, 0.5) is 0 Å². The Labute approximate surface area is 193 Å². The van der Waals surface area contributed by atoms with E-state index in [1.807, 2.05) is 6.07 Å². The average molecular weight is 391 g/mol. The molecule has 0 aliphatic rings. The van der Waals surface area contributed by atoms with Crippen molar-refractivity contribution in [3.63, 3.8) is 0 Å². The Morgan fingerprint density at radius 3 is 2.04 bits per heavy atom. The number of carboxylic acids is 1. The summed E-state index contributed by atoms with van der Waals surface area (Å²) in [5.41, 5.74) is 6.16. The Bertz CT molecular complexity index is 710. The van der Waals surface area contributed by atoms with Crippen LogP contribution in [0.2, 0.25) is 0 Å². The third-order valence-corrected chi connectivity index (χ3v) is 5.18. The first-order chi connectivity index (χ1) is 13.1. The van der Waals surface area contributed by atoms with Crippen molar-refractivity contribution in [3.8, 4) is 0 Å². The molecule has 28 heavy (non-hydrogen) atoms. The SMILES string of the molecule is CCCCCc1cc(CCCCC)c(Cc2ccccc2)c(CC(=O)O)c1.[NaH]. The molecule has 0 radical (unpaired) electrons. The van der Waals surface area contributed by atoms with E-state index in [4.69, 9.17) is 0 Å². The number of hydrogen-bond acceptors (Lipinski definition) is 1. The van der Waals surface area contributed by atoms with Gasteiger partial charge in [0.05, 0.1) is 6.42 Å². The second kappa shape index (κ2) is 14.0. The number of benzene rings is 2. The van der Waals surface area contributed by atoms with Crippen molar-refractivity contribution < 1.29 is 9.90 Å². The summed E-state index contributed by atoms with van der Waals surface area (Å²) < 4.78 is 0. The summed E-state index contributed by atoms with van der Waals surface area (Å²) in [4.78, 5) is 11.5. The van der Waals surface area contributed by atoms with Crippen LogP contribution in [0.5, 0.6) is 0 Å². The quantitative estimate of drug-likeness (QED) is 0.372. The number of rotatable bonds is 12. The fourth-order valence-electron chi connectivity index (χ4n) is 3.73. The van der Waals surface area contributed by atoms with Crippen LogP contribution in [0.1, 0.15) is 80.2 Å². The molecular formula is C25H35NaO2. The van der Waals surface area contributed by atoms with Crippen molar-refractivity contribution >= 4 is 35.5 Å². The molecule has 1 N–H and O–H groups in total. The predicted molar refractivity (Wildman–Crippen MR) is 121 cm³/mol. The fourth-order valence-corrected chi connectivity index (χ4v) is 3.73. The molecule has 2 nitrogen and oxygen atoms in total. The van der Waals surface area contributed by atoms with E-state index >= 15 is 0 Å². The molecule has 0 atom stereocenters. The second-order valence-corrected chi connectivity index (χ2v) is 7.54. The van der Waals surface area contributed by atoms with Crippen molar-refractivity contribution in [2.24, 2.45) is 0 Å². The van der Waals surface area contributed by atoms with Gasteiger partial charge in [-0.1, -0.05) is 82.0 Å². The van der Waals surface area contributed by atoms with Crippen molar-refractivity contribution in [1.82, 2.24) is 0 Å². The molecule has 2 rings (SSSR count). The van der Waals surface area contributed by atoms with E-state index in [0.717, 1.165) is 24.8 Å². The monoisotopic (exact) mass is 390 g/mol. The maximum absolute atomic E-state index is 11.5. The number of aliphatic carboxylic acids is 1. The summed E-state index contributed by atoms with van der Waals surface area (Å²) in [5, 5.41) is 9.47. The van der Waals surface area contributed by atoms with E-state index < -0.39 is 5.97 Å². The van der Waals surface area contributed by atoms with Crippen molar-refractivity contribution in [3.05, 3.63) is 70.3 Å². The summed E-state index contributed by atoms with van der Waals surface area (Å²) in [7, 11) is 0. The maximum atomic E-state index is 11.5. The van der Waals surface area contributed by atoms with Gasteiger partial charge in [-0.05, 0) is 59.9 Å². The Balaban J connectivity index is 0.00000392. The van der Waals surface area contributed by atoms with Crippen LogP contribution in [0.25, 0.3) is 0 Å². The minimum absolute atomic E-state index is 0. The Kier molecular flexibility index (Phi) is 12.5. The van der Waals surface area contributed by atoms with Gasteiger partial charge in [0.1, 0.15) is 0 Å². The second-order valence-electron chi connectivity index (χ2n) is 7.54. The van der Waals surface area contributed by atoms with Crippen LogP contribution < -0.4 is 0 Å². The summed E-state index contributed by atoms with van der Waals surface area (Å²) in [5.74, 6) is -0.741. The van der Waals surface area contributed by atoms with Gasteiger partial charge in [-0.15, -0.1) is 0 Å². The van der Waals surface area contributed by atoms with E-state index in [9.17, 15) is 9.90 Å². The van der Waals surface area contributed by atoms with Gasteiger partial charge in [-0.2, -0.15) is 0 Å². The van der Waals surface area contributed by atoms with E-state index in [-0.39, 0.29) is 36.0 Å². The fraction of sp³-hybridized carbons (Fsp3) is 0.480. The third kappa shape index (κ3) is 8.51. The van der Waals surface area contributed by atoms with E-state index in [1.54, 1.807) is 0 Å². The van der Waals surface area contributed by atoms with Gasteiger partial charge in [0.15, 0.2) is 0 Å². The molecule has 0 heterocycles. The number of carbonyl (C=O) groups is 1. The molecule has 2 aromatic rings. The van der Waals surface area contributed by atoms with Gasteiger partial charge in [0, 0.05) is 0 Å². The molecule has 0 spiro atoms. The molecular weight excluding hydrogens is 355 g/mol. The van der Waals surface area contributed by atoms with Crippen LogP contribution in [0.15, 0.2) is 42.5 Å². The van der Waals surface area contributed by atoms with E-state index in [0.29, 0.717) is 0 Å². The zero-order valence-electron chi connectivity index (χ0n) is 17.0. The van der Waals surface area contributed by atoms with Gasteiger partial charge in [-0.3, -0.25) is 4.79 Å². The summed E-state index contributed by atoms with van der Waals surface area (Å²) in [6.07, 6.45) is 10.2. The van der Waals surface area contributed by atoms with E-state index in [2.05, 4.69) is 50.2 Å². The van der Waals surface area contributed by atoms with Crippen molar-refractivity contribution in [2.75, 3.05) is 0 Å². The van der Waals surface area contributed by atoms with Crippen molar-refractivity contribution in [1.29, 1.82) is 0 Å². The predicted octanol–water partition coefficient (Wildman–Crippen LogP) is 5.72. The van der Waals surface area contributed by atoms with Crippen LogP contribution in [0.3, 0.4) is 0 Å².